The van der Waals surface area contributed by atoms with Crippen LogP contribution in [0.15, 0.2) is 18.6 Å². The van der Waals surface area contributed by atoms with Crippen molar-refractivity contribution >= 4 is 17.9 Å². The molecule has 196 valence electrons. The average Bonchev–Trinajstić information content (AvgIpc) is 3.09. The number of hydrogen-bond acceptors (Lipinski definition) is 7. The van der Waals surface area contributed by atoms with Gasteiger partial charge in [0.2, 0.25) is 11.8 Å². The summed E-state index contributed by atoms with van der Waals surface area (Å²) in [5.74, 6) is -0.701. The van der Waals surface area contributed by atoms with Gasteiger partial charge in [0, 0.05) is 18.9 Å². The maximum absolute atomic E-state index is 13.9. The third-order valence-corrected chi connectivity index (χ3v) is 7.21. The number of carbonyl (C=O) groups is 3. The molecular weight excluding hydrogens is 460 g/mol. The third-order valence-electron chi connectivity index (χ3n) is 7.21. The van der Waals surface area contributed by atoms with Crippen molar-refractivity contribution in [2.24, 2.45) is 22.7 Å². The Labute approximate surface area is 213 Å². The average molecular weight is 499 g/mol. The van der Waals surface area contributed by atoms with Gasteiger partial charge in [0.1, 0.15) is 17.7 Å². The monoisotopic (exact) mass is 498 g/mol. The van der Waals surface area contributed by atoms with E-state index >= 15 is 0 Å². The summed E-state index contributed by atoms with van der Waals surface area (Å²) in [6.45, 7) is 16.9. The molecule has 1 saturated heterocycles. The first-order valence-electron chi connectivity index (χ1n) is 12.2. The molecule has 1 aliphatic carbocycles. The highest BCUT2D eigenvalue weighted by molar-refractivity contribution is 5.93. The Morgan fingerprint density at radius 2 is 1.81 bits per heavy atom. The van der Waals surface area contributed by atoms with Crippen LogP contribution in [0.25, 0.3) is 0 Å². The van der Waals surface area contributed by atoms with Gasteiger partial charge >= 0.3 is 6.09 Å². The second-order valence-electron chi connectivity index (χ2n) is 12.7. The van der Waals surface area contributed by atoms with Gasteiger partial charge in [0.25, 0.3) is 0 Å². The number of amides is 3. The standard InChI is InChI=1S/C26H38N6O4/c1-23(2,3)19(30-22(35)36-24(4,5)6)21(34)32-13-15-17(25(15,7)8)18(32)20(33)31-26(9,14-27)16-12-28-10-11-29-16/h10-12,15,17-19H,13H2,1-9H3,(H,30,35)(H,31,33)/t15-,17-,18-,19+,26?/m0/s1. The Morgan fingerprint density at radius 1 is 1.17 bits per heavy atom. The molecule has 3 rings (SSSR count). The first-order valence-corrected chi connectivity index (χ1v) is 12.2. The molecule has 5 atom stereocenters. The number of nitrogens with one attached hydrogen (secondary N) is 2. The molecule has 2 heterocycles. The van der Waals surface area contributed by atoms with Crippen molar-refractivity contribution in [2.45, 2.75) is 85.5 Å². The second-order valence-corrected chi connectivity index (χ2v) is 12.7. The van der Waals surface area contributed by atoms with Crippen LogP contribution in [0.5, 0.6) is 0 Å². The van der Waals surface area contributed by atoms with Gasteiger partial charge < -0.3 is 20.3 Å². The van der Waals surface area contributed by atoms with Crippen LogP contribution >= 0.6 is 0 Å². The molecule has 0 radical (unpaired) electrons. The zero-order chi connectivity index (χ0) is 27.3. The van der Waals surface area contributed by atoms with E-state index in [1.807, 2.05) is 20.8 Å². The minimum absolute atomic E-state index is 0.0617. The van der Waals surface area contributed by atoms with E-state index in [4.69, 9.17) is 4.74 Å². The molecule has 0 spiro atoms. The Bertz CT molecular complexity index is 1070. The lowest BCUT2D eigenvalue weighted by Crippen LogP contribution is -2.60. The summed E-state index contributed by atoms with van der Waals surface area (Å²) >= 11 is 0. The summed E-state index contributed by atoms with van der Waals surface area (Å²) in [4.78, 5) is 49.9. The Balaban J connectivity index is 1.89. The van der Waals surface area contributed by atoms with Gasteiger partial charge in [-0.25, -0.2) is 4.79 Å². The molecule has 1 aromatic heterocycles. The highest BCUT2D eigenvalue weighted by Crippen LogP contribution is 2.65. The fourth-order valence-corrected chi connectivity index (χ4v) is 5.08. The zero-order valence-electron chi connectivity index (χ0n) is 22.7. The number of rotatable bonds is 5. The van der Waals surface area contributed by atoms with Crippen molar-refractivity contribution in [3.63, 3.8) is 0 Å². The van der Waals surface area contributed by atoms with Crippen LogP contribution in [0, 0.1) is 34.0 Å². The number of alkyl carbamates (subject to hydrolysis) is 1. The van der Waals surface area contributed by atoms with Crippen LogP contribution in [-0.2, 0) is 19.9 Å². The number of piperidine rings is 1. The molecule has 2 N–H and O–H groups in total. The molecule has 1 aromatic rings. The van der Waals surface area contributed by atoms with Gasteiger partial charge in [-0.15, -0.1) is 0 Å². The maximum atomic E-state index is 13.9. The van der Waals surface area contributed by atoms with E-state index in [-0.39, 0.29) is 23.2 Å². The van der Waals surface area contributed by atoms with E-state index in [1.54, 1.807) is 32.6 Å². The molecule has 10 nitrogen and oxygen atoms in total. The van der Waals surface area contributed by atoms with Crippen LogP contribution in [-0.4, -0.2) is 57.0 Å². The van der Waals surface area contributed by atoms with E-state index in [1.165, 1.54) is 18.6 Å². The second kappa shape index (κ2) is 9.02. The first-order chi connectivity index (χ1) is 16.4. The molecular formula is C26H38N6O4. The topological polar surface area (TPSA) is 137 Å². The summed E-state index contributed by atoms with van der Waals surface area (Å²) in [6.07, 6.45) is 3.69. The quantitative estimate of drug-likeness (QED) is 0.637. The third kappa shape index (κ3) is 5.30. The molecule has 0 bridgehead atoms. The van der Waals surface area contributed by atoms with Gasteiger partial charge in [-0.1, -0.05) is 34.6 Å². The number of likely N-dealkylation sites (tertiary alicyclic amines) is 1. The van der Waals surface area contributed by atoms with E-state index in [9.17, 15) is 19.6 Å². The summed E-state index contributed by atoms with van der Waals surface area (Å²) in [5, 5.41) is 15.4. The molecule has 3 amide bonds. The van der Waals surface area contributed by atoms with Gasteiger partial charge in [0.15, 0.2) is 5.54 Å². The fourth-order valence-electron chi connectivity index (χ4n) is 5.08. The lowest BCUT2D eigenvalue weighted by atomic mass is 9.85. The van der Waals surface area contributed by atoms with Crippen molar-refractivity contribution in [2.75, 3.05) is 6.54 Å². The highest BCUT2D eigenvalue weighted by Gasteiger charge is 2.70. The van der Waals surface area contributed by atoms with Crippen LogP contribution in [0.2, 0.25) is 0 Å². The lowest BCUT2D eigenvalue weighted by Gasteiger charge is -2.38. The maximum Gasteiger partial charge on any atom is 0.408 e. The lowest BCUT2D eigenvalue weighted by molar-refractivity contribution is -0.144. The van der Waals surface area contributed by atoms with Crippen molar-refractivity contribution in [1.29, 1.82) is 5.26 Å². The smallest absolute Gasteiger partial charge is 0.408 e. The zero-order valence-corrected chi connectivity index (χ0v) is 22.7. The van der Waals surface area contributed by atoms with Crippen LogP contribution in [0.4, 0.5) is 4.79 Å². The van der Waals surface area contributed by atoms with Crippen LogP contribution in [0.1, 0.15) is 68.0 Å². The fraction of sp³-hybridized carbons (Fsp3) is 0.692. The predicted molar refractivity (Wildman–Crippen MR) is 132 cm³/mol. The normalized spacial score (nSPS) is 25.0. The number of ether oxygens (including phenoxy) is 1. The Hall–Kier alpha value is -3.22. The Morgan fingerprint density at radius 3 is 2.31 bits per heavy atom. The molecule has 0 aromatic carbocycles. The summed E-state index contributed by atoms with van der Waals surface area (Å²) in [5.41, 5.74) is -2.60. The number of nitriles is 1. The van der Waals surface area contributed by atoms with E-state index in [0.717, 1.165) is 0 Å². The van der Waals surface area contributed by atoms with Crippen molar-refractivity contribution < 1.29 is 19.1 Å². The molecule has 2 fully saturated rings. The van der Waals surface area contributed by atoms with Crippen molar-refractivity contribution in [1.82, 2.24) is 25.5 Å². The number of carbonyl (C=O) groups excluding carboxylic acids is 3. The van der Waals surface area contributed by atoms with Gasteiger partial charge in [-0.3, -0.25) is 19.6 Å². The molecule has 36 heavy (non-hydrogen) atoms. The van der Waals surface area contributed by atoms with E-state index in [2.05, 4.69) is 40.5 Å². The largest absolute Gasteiger partial charge is 0.444 e. The number of nitrogens with zero attached hydrogens (tertiary/aromatic N) is 4. The molecule has 2 aliphatic rings. The minimum atomic E-state index is -1.42. The molecule has 1 saturated carbocycles. The van der Waals surface area contributed by atoms with Crippen LogP contribution < -0.4 is 10.6 Å². The van der Waals surface area contributed by atoms with E-state index < -0.39 is 40.6 Å². The highest BCUT2D eigenvalue weighted by atomic mass is 16.6. The van der Waals surface area contributed by atoms with Crippen molar-refractivity contribution in [3.8, 4) is 6.07 Å². The number of hydrogen-bond donors (Lipinski definition) is 2. The van der Waals surface area contributed by atoms with E-state index in [0.29, 0.717) is 12.2 Å². The summed E-state index contributed by atoms with van der Waals surface area (Å²) in [6, 6.07) is 0.429. The first kappa shape index (κ1) is 27.4. The molecule has 1 unspecified atom stereocenters. The van der Waals surface area contributed by atoms with Crippen molar-refractivity contribution in [3.05, 3.63) is 24.3 Å². The number of fused-ring (bicyclic) bond motifs is 1. The van der Waals surface area contributed by atoms with Gasteiger partial charge in [0.05, 0.1) is 18.0 Å². The summed E-state index contributed by atoms with van der Waals surface area (Å²) in [7, 11) is 0. The molecule has 1 aliphatic heterocycles. The van der Waals surface area contributed by atoms with Gasteiger partial charge in [-0.2, -0.15) is 5.26 Å². The molecule has 10 heteroatoms. The van der Waals surface area contributed by atoms with Gasteiger partial charge in [-0.05, 0) is 50.4 Å². The van der Waals surface area contributed by atoms with Crippen LogP contribution in [0.3, 0.4) is 0 Å². The number of aromatic nitrogens is 2. The minimum Gasteiger partial charge on any atom is -0.444 e. The Kier molecular flexibility index (Phi) is 6.86. The summed E-state index contributed by atoms with van der Waals surface area (Å²) < 4.78 is 5.39. The predicted octanol–water partition coefficient (Wildman–Crippen LogP) is 2.75. The SMILES string of the molecule is CC(C)(C)OC(=O)N[C@H](C(=O)N1C[C@H]2[C@@H]([C@H]1C(=O)NC(C)(C#N)c1cnccn1)C2(C)C)C(C)(C)C.